The third kappa shape index (κ3) is 24.1. The summed E-state index contributed by atoms with van der Waals surface area (Å²) in [5.74, 6) is 1.01. The van der Waals surface area contributed by atoms with Crippen LogP contribution in [0.2, 0.25) is 0 Å². The number of ketones is 4. The van der Waals surface area contributed by atoms with Gasteiger partial charge in [-0.2, -0.15) is 0 Å². The second kappa shape index (κ2) is 43.7. The quantitative estimate of drug-likeness (QED) is 0.00743. The van der Waals surface area contributed by atoms with E-state index in [0.717, 1.165) is 211 Å². The summed E-state index contributed by atoms with van der Waals surface area (Å²) in [4.78, 5) is 60.8. The number of nitrogens with zero attached hydrogens (tertiary/aromatic N) is 1. The summed E-state index contributed by atoms with van der Waals surface area (Å²) < 4.78 is 0.510. The summed E-state index contributed by atoms with van der Waals surface area (Å²) >= 11 is 0. The van der Waals surface area contributed by atoms with Gasteiger partial charge in [0.15, 0.2) is 23.1 Å². The van der Waals surface area contributed by atoms with Gasteiger partial charge in [-0.15, -0.1) is 0 Å². The van der Waals surface area contributed by atoms with Crippen LogP contribution < -0.4 is 114 Å². The molecule has 0 radical (unpaired) electrons. The Morgan fingerprint density at radius 2 is 0.514 bits per heavy atom. The topological polar surface area (TPSA) is 499 Å². The number of guanidine groups is 3. The molecule has 26 nitrogen and oxygen atoms in total. The maximum atomic E-state index is 13.6. The highest BCUT2D eigenvalue weighted by Gasteiger charge is 2.34. The van der Waals surface area contributed by atoms with Crippen LogP contribution in [0.15, 0.2) is 168 Å². The Kier molecular flexibility index (Phi) is 33.2. The van der Waals surface area contributed by atoms with E-state index in [4.69, 9.17) is 34.4 Å². The van der Waals surface area contributed by atoms with E-state index in [0.29, 0.717) is 50.3 Å². The highest BCUT2D eigenvalue weighted by molar-refractivity contribution is 6.25. The first-order chi connectivity index (χ1) is 53.1. The van der Waals surface area contributed by atoms with Crippen LogP contribution in [0.4, 0.5) is 0 Å². The maximum Gasteiger partial charge on any atom is 0.338 e. The number of Topliss-reactive ketones (excluding diaryl/α,β-unsaturated/α-hetero) is 4. The van der Waals surface area contributed by atoms with E-state index >= 15 is 0 Å². The molecule has 26 heteroatoms. The molecule has 12 rings (SSSR count). The lowest BCUT2D eigenvalue weighted by atomic mass is 9.87. The molecule has 0 fully saturated rings. The zero-order valence-electron chi connectivity index (χ0n) is 63.8. The molecular formula is C83H126N22O4+16. The molecule has 0 unspecified atom stereocenters. The molecule has 0 aromatic heterocycles. The summed E-state index contributed by atoms with van der Waals surface area (Å²) in [5, 5.41) is 29.5. The number of nitrogens with one attached hydrogen (secondary N) is 3. The highest BCUT2D eigenvalue weighted by Crippen LogP contribution is 2.35. The van der Waals surface area contributed by atoms with Gasteiger partial charge in [-0.05, 0) is 68.1 Å². The van der Waals surface area contributed by atoms with Crippen molar-refractivity contribution in [3.05, 3.63) is 212 Å². The molecule has 0 saturated heterocycles. The van der Waals surface area contributed by atoms with Gasteiger partial charge < -0.3 is 69.5 Å². The van der Waals surface area contributed by atoms with Crippen LogP contribution in [-0.4, -0.2) is 229 Å². The molecule has 0 bridgehead atoms. The van der Waals surface area contributed by atoms with Crippen LogP contribution in [0, 0.1) is 0 Å². The maximum absolute atomic E-state index is 13.6. The first kappa shape index (κ1) is 82.8. The second-order valence-electron chi connectivity index (χ2n) is 28.4. The van der Waals surface area contributed by atoms with E-state index in [1.807, 2.05) is 78.9 Å². The fourth-order valence-electron chi connectivity index (χ4n) is 14.7. The van der Waals surface area contributed by atoms with Gasteiger partial charge in [-0.1, -0.05) is 146 Å². The molecule has 0 heterocycles. The van der Waals surface area contributed by atoms with Crippen LogP contribution in [0.1, 0.15) is 63.7 Å². The van der Waals surface area contributed by atoms with Crippen molar-refractivity contribution < 1.29 is 104 Å². The summed E-state index contributed by atoms with van der Waals surface area (Å²) in [6.45, 7) is 25.8. The average Bonchev–Trinajstić information content (AvgIpc) is 0.778. The van der Waals surface area contributed by atoms with Gasteiger partial charge in [0.2, 0.25) is 0 Å². The Morgan fingerprint density at radius 1 is 0.294 bits per heavy atom. The molecular weight excluding hydrogens is 1370 g/mol. The smallest absolute Gasteiger partial charge is 0.338 e. The van der Waals surface area contributed by atoms with E-state index in [2.05, 4.69) is 171 Å². The summed E-state index contributed by atoms with van der Waals surface area (Å²) in [6.07, 6.45) is 8.22. The Balaban J connectivity index is 0.000000169. The fourth-order valence-corrected chi connectivity index (χ4v) is 14.7. The Hall–Kier alpha value is -10.3. The van der Waals surface area contributed by atoms with Crippen molar-refractivity contribution >= 4 is 108 Å². The van der Waals surface area contributed by atoms with Gasteiger partial charge in [0.05, 0.1) is 22.3 Å². The predicted octanol–water partition coefficient (Wildman–Crippen LogP) is -14.6. The molecule has 8 aromatic carbocycles. The van der Waals surface area contributed by atoms with Gasteiger partial charge in [-0.3, -0.25) is 68.6 Å². The minimum absolute atomic E-state index is 0.0281. The highest BCUT2D eigenvalue weighted by atomic mass is 16.1. The van der Waals surface area contributed by atoms with E-state index in [1.165, 1.54) is 36.3 Å². The van der Waals surface area contributed by atoms with E-state index in [-0.39, 0.29) is 41.0 Å². The second-order valence-corrected chi connectivity index (χ2v) is 28.4. The van der Waals surface area contributed by atoms with Crippen molar-refractivity contribution in [3.8, 4) is 0 Å². The molecule has 8 aromatic rings. The van der Waals surface area contributed by atoms with Crippen molar-refractivity contribution in [3.63, 3.8) is 0 Å². The molecule has 0 aliphatic heterocycles. The molecule has 0 spiro atoms. The number of hydrogen-bond donors (Lipinski definition) is 21. The van der Waals surface area contributed by atoms with Crippen molar-refractivity contribution in [2.45, 2.75) is 0 Å². The van der Waals surface area contributed by atoms with E-state index in [1.54, 1.807) is 0 Å². The largest absolute Gasteiger partial charge is 0.353 e. The number of carbonyl (C=O) groups excluding carboxylic acids is 4. The lowest BCUT2D eigenvalue weighted by Crippen LogP contribution is -3.01. The van der Waals surface area contributed by atoms with E-state index in [9.17, 15) is 19.2 Å². The molecule has 109 heavy (non-hydrogen) atoms. The average molecular weight is 1500 g/mol. The molecule has 4 aliphatic rings. The fraction of sp³-hybridized carbons (Fsp3) is 0.337. The van der Waals surface area contributed by atoms with Crippen LogP contribution in [-0.2, 0) is 0 Å². The normalized spacial score (nSPS) is 13.1. The molecule has 576 valence electrons. The Labute approximate surface area is 639 Å². The third-order valence-electron chi connectivity index (χ3n) is 20.2. The molecule has 0 atom stereocenters. The Bertz CT molecular complexity index is 4550. The van der Waals surface area contributed by atoms with Crippen molar-refractivity contribution in [1.82, 2.24) is 0 Å². The van der Waals surface area contributed by atoms with Gasteiger partial charge in [0, 0.05) is 43.8 Å². The number of rotatable bonds is 41. The van der Waals surface area contributed by atoms with Gasteiger partial charge in [-0.25, -0.2) is 0 Å². The molecule has 4 aliphatic carbocycles. The number of carbonyl (C=O) groups is 4. The lowest BCUT2D eigenvalue weighted by molar-refractivity contribution is -0.939. The number of benzene rings is 8. The number of hydrogen-bond acceptors (Lipinski definition) is 4. The van der Waals surface area contributed by atoms with Gasteiger partial charge >= 0.3 is 17.9 Å². The van der Waals surface area contributed by atoms with Crippen LogP contribution >= 0.6 is 0 Å². The summed E-state index contributed by atoms with van der Waals surface area (Å²) in [5.41, 5.74) is 56.5. The van der Waals surface area contributed by atoms with Gasteiger partial charge in [0.25, 0.3) is 0 Å². The van der Waals surface area contributed by atoms with Gasteiger partial charge in [0.1, 0.15) is 183 Å². The minimum Gasteiger partial charge on any atom is -0.353 e. The van der Waals surface area contributed by atoms with Crippen LogP contribution in [0.25, 0.3) is 67.4 Å². The number of quaternary nitrogens is 13. The van der Waals surface area contributed by atoms with Crippen LogP contribution in [0.3, 0.4) is 0 Å². The summed E-state index contributed by atoms with van der Waals surface area (Å²) in [7, 11) is 0. The molecule has 42 N–H and O–H groups in total. The number of nitrogens with two attached hydrogens (primary N) is 15. The third-order valence-corrected chi connectivity index (χ3v) is 20.2. The summed E-state index contributed by atoms with van der Waals surface area (Å²) in [6, 6.07) is 48.6. The monoisotopic (exact) mass is 1500 g/mol. The molecule has 0 saturated carbocycles. The SMILES string of the molecule is NC(N)=[NH+]CC[N+](CC[NH+]=C(N)N)(CC[NH+]=C(N)N)CC1=Cc2cccc3cccc(c23)C1=O.[NH3+]CC[NH2+]CC[NH2+]CC1=Cc2cccc3cccc(c23)C1=O.[NH3+]CC[NH2+]CC[NH2+]CC[NH2+]CC1=Cc2cccc3cccc(c23)C1=O.[NH3+]CC[NH2+]CC[NH2+]CC[NH2+]CC[NH2+]CC1=Cc2cccc3cccc(c23)C1=O. The van der Waals surface area contributed by atoms with Crippen LogP contribution in [0.5, 0.6) is 0 Å². The standard InChI is InChI=1S/C23H33N10O.C22H31N5O.C20H26N4O.C18H21N3O/c24-21(25)30-7-10-33(11-8-31-22(26)27,12-9-32-23(28)29)14-17-13-16-5-1-3-15-4-2-6-18(19(15)16)20(17)34;23-7-8-24-9-10-25-11-12-26-13-14-27-16-19-15-18-5-1-3-17-4-2-6-20(21(17)18)22(19)28;21-7-8-22-9-10-23-11-12-24-14-17-13-16-5-1-3-15-4-2-6-18(19(15)16)20(17)25;19-7-8-20-9-10-21-12-15-11-14-5-1-3-13-4-2-6-16(17(13)14)18(15)22/h1-6,13H,7-12,14H2,(H4,24,25,30)(H4,26,27,31)(H4,28,29,32);1-6,15,24-27H,7-14,16,23H2;1-6,13,22-24H,7-12,14,21H2;1-6,11,20-21H,7-10,12,19H2/q+1;;;/p+15. The minimum atomic E-state index is 0.0281. The zero-order valence-corrected chi connectivity index (χ0v) is 63.8. The van der Waals surface area contributed by atoms with Crippen molar-refractivity contribution in [1.29, 1.82) is 0 Å². The van der Waals surface area contributed by atoms with E-state index < -0.39 is 0 Å². The Morgan fingerprint density at radius 3 is 0.761 bits per heavy atom. The molecule has 0 amide bonds. The predicted molar refractivity (Wildman–Crippen MR) is 431 cm³/mol. The zero-order chi connectivity index (χ0) is 77.2. The first-order valence-electron chi connectivity index (χ1n) is 39.1. The first-order valence-corrected chi connectivity index (χ1v) is 39.1. The lowest BCUT2D eigenvalue weighted by Gasteiger charge is -2.38. The van der Waals surface area contributed by atoms with Crippen molar-refractivity contribution in [2.75, 3.05) is 183 Å². The van der Waals surface area contributed by atoms with Crippen molar-refractivity contribution in [2.24, 2.45) is 34.4 Å².